The van der Waals surface area contributed by atoms with Crippen LogP contribution in [0.5, 0.6) is 0 Å². The van der Waals surface area contributed by atoms with Crippen molar-refractivity contribution in [2.75, 3.05) is 19.6 Å². The van der Waals surface area contributed by atoms with Gasteiger partial charge >= 0.3 is 0 Å². The Hall–Kier alpha value is -1.36. The van der Waals surface area contributed by atoms with E-state index in [2.05, 4.69) is 11.9 Å². The zero-order chi connectivity index (χ0) is 15.0. The highest BCUT2D eigenvalue weighted by Gasteiger charge is 2.35. The summed E-state index contributed by atoms with van der Waals surface area (Å²) < 4.78 is 0. The Balaban J connectivity index is 0.00000132. The number of nitrogens with two attached hydrogens (primary N) is 1. The fourth-order valence-corrected chi connectivity index (χ4v) is 3.02. The van der Waals surface area contributed by atoms with Gasteiger partial charge in [-0.05, 0) is 37.4 Å². The largest absolute Gasteiger partial charge is 0.338 e. The lowest BCUT2D eigenvalue weighted by molar-refractivity contribution is 0.0778. The summed E-state index contributed by atoms with van der Waals surface area (Å²) in [6.07, 6.45) is 0.969. The molecule has 0 saturated carbocycles. The predicted octanol–water partition coefficient (Wildman–Crippen LogP) is 3.20. The van der Waals surface area contributed by atoms with Gasteiger partial charge in [-0.25, -0.2) is 0 Å². The number of halogens is 2. The lowest BCUT2D eigenvalue weighted by Crippen LogP contribution is -2.34. The van der Waals surface area contributed by atoms with Crippen LogP contribution in [-0.4, -0.2) is 35.4 Å². The van der Waals surface area contributed by atoms with Gasteiger partial charge in [-0.3, -0.25) is 9.78 Å². The first kappa shape index (κ1) is 19.7. The summed E-state index contributed by atoms with van der Waals surface area (Å²) in [5, 5.41) is 0.925. The molecule has 2 N–H and O–H groups in total. The molecule has 2 heterocycles. The van der Waals surface area contributed by atoms with Crippen molar-refractivity contribution in [2.45, 2.75) is 20.3 Å². The van der Waals surface area contributed by atoms with Crippen LogP contribution in [0.15, 0.2) is 30.3 Å². The van der Waals surface area contributed by atoms with Crippen LogP contribution in [-0.2, 0) is 0 Å². The third-order valence-corrected chi connectivity index (χ3v) is 4.41. The minimum Gasteiger partial charge on any atom is -0.338 e. The summed E-state index contributed by atoms with van der Waals surface area (Å²) in [5.74, 6) is 0.0916. The average molecular weight is 356 g/mol. The Bertz CT molecular complexity index is 707. The van der Waals surface area contributed by atoms with Crippen molar-refractivity contribution in [1.29, 1.82) is 0 Å². The number of carbonyl (C=O) groups excluding carboxylic acids is 1. The smallest absolute Gasteiger partial charge is 0.254 e. The minimum absolute atomic E-state index is 0. The molecule has 1 amide bonds. The van der Waals surface area contributed by atoms with Gasteiger partial charge in [0.05, 0.1) is 11.1 Å². The highest BCUT2D eigenvalue weighted by molar-refractivity contribution is 6.06. The molecular formula is C17H23Cl2N3O. The number of amides is 1. The first-order chi connectivity index (χ1) is 10.0. The molecule has 3 rings (SSSR count). The van der Waals surface area contributed by atoms with Crippen molar-refractivity contribution >= 4 is 41.6 Å². The molecule has 0 bridgehead atoms. The Morgan fingerprint density at radius 2 is 2.04 bits per heavy atom. The van der Waals surface area contributed by atoms with Crippen LogP contribution in [0.25, 0.3) is 10.9 Å². The number of para-hydroxylation sites is 1. The Morgan fingerprint density at radius 1 is 1.35 bits per heavy atom. The van der Waals surface area contributed by atoms with Crippen LogP contribution in [0.3, 0.4) is 0 Å². The Kier molecular flexibility index (Phi) is 6.40. The van der Waals surface area contributed by atoms with E-state index in [1.165, 1.54) is 0 Å². The van der Waals surface area contributed by atoms with E-state index in [0.717, 1.165) is 41.7 Å². The predicted molar refractivity (Wildman–Crippen MR) is 98.7 cm³/mol. The minimum atomic E-state index is 0. The molecule has 1 aliphatic heterocycles. The SMILES string of the molecule is Cc1cc(C(=O)N2CCC(C)(CN)C2)c2ccccc2n1.Cl.Cl. The summed E-state index contributed by atoms with van der Waals surface area (Å²) in [7, 11) is 0. The van der Waals surface area contributed by atoms with E-state index in [9.17, 15) is 4.79 Å². The van der Waals surface area contributed by atoms with E-state index in [1.54, 1.807) is 0 Å². The number of likely N-dealkylation sites (tertiary alicyclic amines) is 1. The van der Waals surface area contributed by atoms with E-state index in [4.69, 9.17) is 5.73 Å². The molecule has 0 spiro atoms. The van der Waals surface area contributed by atoms with E-state index < -0.39 is 0 Å². The molecule has 0 radical (unpaired) electrons. The number of hydrogen-bond acceptors (Lipinski definition) is 3. The molecule has 1 unspecified atom stereocenters. The Labute approximate surface area is 149 Å². The summed E-state index contributed by atoms with van der Waals surface area (Å²) in [5.41, 5.74) is 8.38. The number of rotatable bonds is 2. The van der Waals surface area contributed by atoms with E-state index >= 15 is 0 Å². The fraction of sp³-hybridized carbons (Fsp3) is 0.412. The topological polar surface area (TPSA) is 59.2 Å². The van der Waals surface area contributed by atoms with Crippen LogP contribution in [0.4, 0.5) is 0 Å². The molecule has 1 fully saturated rings. The van der Waals surface area contributed by atoms with Gasteiger partial charge < -0.3 is 10.6 Å². The summed E-state index contributed by atoms with van der Waals surface area (Å²) >= 11 is 0. The van der Waals surface area contributed by atoms with Gasteiger partial charge in [0.2, 0.25) is 0 Å². The zero-order valence-corrected chi connectivity index (χ0v) is 15.0. The zero-order valence-electron chi connectivity index (χ0n) is 13.4. The molecule has 1 saturated heterocycles. The summed E-state index contributed by atoms with van der Waals surface area (Å²) in [6, 6.07) is 9.71. The number of fused-ring (bicyclic) bond motifs is 1. The number of aromatic nitrogens is 1. The van der Waals surface area contributed by atoms with Crippen LogP contribution in [0.2, 0.25) is 0 Å². The van der Waals surface area contributed by atoms with E-state index in [1.807, 2.05) is 42.2 Å². The van der Waals surface area contributed by atoms with Gasteiger partial charge in [-0.1, -0.05) is 25.1 Å². The van der Waals surface area contributed by atoms with Gasteiger partial charge in [-0.15, -0.1) is 24.8 Å². The van der Waals surface area contributed by atoms with E-state index in [-0.39, 0.29) is 36.1 Å². The molecule has 1 atom stereocenters. The molecule has 1 aromatic heterocycles. The van der Waals surface area contributed by atoms with E-state index in [0.29, 0.717) is 6.54 Å². The van der Waals surface area contributed by atoms with Gasteiger partial charge in [0, 0.05) is 24.2 Å². The number of aryl methyl sites for hydroxylation is 1. The molecule has 23 heavy (non-hydrogen) atoms. The lowest BCUT2D eigenvalue weighted by atomic mass is 9.90. The second kappa shape index (κ2) is 7.47. The maximum absolute atomic E-state index is 12.9. The van der Waals surface area contributed by atoms with Gasteiger partial charge in [0.25, 0.3) is 5.91 Å². The number of pyridine rings is 1. The first-order valence-electron chi connectivity index (χ1n) is 7.38. The van der Waals surface area contributed by atoms with Crippen molar-refractivity contribution in [3.8, 4) is 0 Å². The van der Waals surface area contributed by atoms with Crippen molar-refractivity contribution in [3.63, 3.8) is 0 Å². The quantitative estimate of drug-likeness (QED) is 0.899. The maximum atomic E-state index is 12.9. The standard InChI is InChI=1S/C17H21N3O.2ClH/c1-12-9-14(13-5-3-4-6-15(13)19-12)16(21)20-8-7-17(2,10-18)11-20;;/h3-6,9H,7-8,10-11,18H2,1-2H3;2*1H. The normalized spacial score (nSPS) is 20.0. The molecule has 2 aromatic rings. The molecular weight excluding hydrogens is 333 g/mol. The third-order valence-electron chi connectivity index (χ3n) is 4.41. The van der Waals surface area contributed by atoms with Gasteiger partial charge in [0.15, 0.2) is 0 Å². The van der Waals surface area contributed by atoms with Crippen LogP contribution < -0.4 is 5.73 Å². The van der Waals surface area contributed by atoms with Crippen molar-refractivity contribution < 1.29 is 4.79 Å². The molecule has 4 nitrogen and oxygen atoms in total. The van der Waals surface area contributed by atoms with Crippen LogP contribution >= 0.6 is 24.8 Å². The molecule has 0 aliphatic carbocycles. The highest BCUT2D eigenvalue weighted by atomic mass is 35.5. The second-order valence-corrected chi connectivity index (χ2v) is 6.32. The van der Waals surface area contributed by atoms with Crippen LogP contribution in [0.1, 0.15) is 29.4 Å². The van der Waals surface area contributed by atoms with Crippen molar-refractivity contribution in [1.82, 2.24) is 9.88 Å². The Morgan fingerprint density at radius 3 is 2.70 bits per heavy atom. The number of hydrogen-bond donors (Lipinski definition) is 1. The molecule has 1 aliphatic rings. The monoisotopic (exact) mass is 355 g/mol. The number of benzene rings is 1. The summed E-state index contributed by atoms with van der Waals surface area (Å²) in [4.78, 5) is 19.3. The highest BCUT2D eigenvalue weighted by Crippen LogP contribution is 2.30. The molecule has 6 heteroatoms. The molecule has 126 valence electrons. The van der Waals surface area contributed by atoms with Gasteiger partial charge in [-0.2, -0.15) is 0 Å². The lowest BCUT2D eigenvalue weighted by Gasteiger charge is -2.23. The molecule has 1 aromatic carbocycles. The first-order valence-corrected chi connectivity index (χ1v) is 7.38. The number of nitrogens with zero attached hydrogens (tertiary/aromatic N) is 2. The maximum Gasteiger partial charge on any atom is 0.254 e. The second-order valence-electron chi connectivity index (χ2n) is 6.32. The summed E-state index contributed by atoms with van der Waals surface area (Å²) in [6.45, 7) is 6.21. The fourth-order valence-electron chi connectivity index (χ4n) is 3.02. The average Bonchev–Trinajstić information content (AvgIpc) is 2.89. The van der Waals surface area contributed by atoms with Gasteiger partial charge in [0.1, 0.15) is 0 Å². The number of carbonyl (C=O) groups is 1. The van der Waals surface area contributed by atoms with Crippen molar-refractivity contribution in [2.24, 2.45) is 11.1 Å². The third kappa shape index (κ3) is 3.77. The van der Waals surface area contributed by atoms with Crippen LogP contribution in [0, 0.1) is 12.3 Å². The van der Waals surface area contributed by atoms with Crippen molar-refractivity contribution in [3.05, 3.63) is 41.6 Å².